The Morgan fingerprint density at radius 1 is 1.35 bits per heavy atom. The summed E-state index contributed by atoms with van der Waals surface area (Å²) in [6.45, 7) is 3.59. The first kappa shape index (κ1) is 15.0. The van der Waals surface area contributed by atoms with Crippen LogP contribution < -0.4 is 0 Å². The molecule has 6 heteroatoms. The number of carboxylic acid groups (broad SMARTS) is 1. The first-order valence-corrected chi connectivity index (χ1v) is 8.13. The second-order valence-electron chi connectivity index (χ2n) is 5.21. The third-order valence-corrected chi connectivity index (χ3v) is 5.39. The molecule has 0 amide bonds. The minimum Gasteiger partial charge on any atom is -0.479 e. The summed E-state index contributed by atoms with van der Waals surface area (Å²) in [4.78, 5) is 11.1. The van der Waals surface area contributed by atoms with E-state index < -0.39 is 28.0 Å². The maximum atomic E-state index is 12.4. The Kier molecular flexibility index (Phi) is 4.15. The van der Waals surface area contributed by atoms with Crippen LogP contribution in [0.25, 0.3) is 0 Å². The lowest BCUT2D eigenvalue weighted by Crippen LogP contribution is -2.25. The maximum Gasteiger partial charge on any atom is 0.332 e. The average Bonchev–Trinajstić information content (AvgIpc) is 2.80. The molecule has 0 aromatic heterocycles. The molecule has 1 fully saturated rings. The molecule has 5 nitrogen and oxygen atoms in total. The van der Waals surface area contributed by atoms with Crippen molar-refractivity contribution in [1.82, 2.24) is 0 Å². The third kappa shape index (κ3) is 3.19. The normalized spacial score (nSPS) is 22.9. The molecule has 0 radical (unpaired) electrons. The molecule has 0 aliphatic carbocycles. The molecule has 2 atom stereocenters. The highest BCUT2D eigenvalue weighted by atomic mass is 32.2. The van der Waals surface area contributed by atoms with E-state index in [0.717, 1.165) is 5.56 Å². The number of carboxylic acids is 1. The molecule has 2 rings (SSSR count). The van der Waals surface area contributed by atoms with Crippen LogP contribution in [0.2, 0.25) is 0 Å². The minimum atomic E-state index is -3.46. The predicted molar refractivity (Wildman–Crippen MR) is 73.5 cm³/mol. The number of carbonyl (C=O) groups is 1. The lowest BCUT2D eigenvalue weighted by molar-refractivity contribution is -0.148. The molecular formula is C14H18O5S. The fourth-order valence-corrected chi connectivity index (χ4v) is 4.23. The maximum absolute atomic E-state index is 12.4. The first-order chi connectivity index (χ1) is 9.29. The van der Waals surface area contributed by atoms with Gasteiger partial charge in [-0.25, -0.2) is 13.2 Å². The van der Waals surface area contributed by atoms with Gasteiger partial charge in [-0.2, -0.15) is 0 Å². The average molecular weight is 298 g/mol. The lowest BCUT2D eigenvalue weighted by atomic mass is 10.2. The van der Waals surface area contributed by atoms with Crippen LogP contribution in [-0.4, -0.2) is 37.5 Å². The van der Waals surface area contributed by atoms with Crippen molar-refractivity contribution in [3.05, 3.63) is 29.3 Å². The molecule has 110 valence electrons. The summed E-state index contributed by atoms with van der Waals surface area (Å²) in [6, 6.07) is 5.28. The highest BCUT2D eigenvalue weighted by Crippen LogP contribution is 2.25. The fourth-order valence-electron chi connectivity index (χ4n) is 2.39. The van der Waals surface area contributed by atoms with E-state index in [2.05, 4.69) is 0 Å². The van der Waals surface area contributed by atoms with Crippen molar-refractivity contribution in [3.63, 3.8) is 0 Å². The number of sulfone groups is 1. The Bertz CT molecular complexity index is 620. The van der Waals surface area contributed by atoms with Crippen molar-refractivity contribution in [2.45, 2.75) is 43.8 Å². The molecular weight excluding hydrogens is 280 g/mol. The summed E-state index contributed by atoms with van der Waals surface area (Å²) in [6.07, 6.45) is -0.599. The second kappa shape index (κ2) is 5.54. The Hall–Kier alpha value is -1.40. The highest BCUT2D eigenvalue weighted by Gasteiger charge is 2.34. The van der Waals surface area contributed by atoms with Crippen molar-refractivity contribution in [2.75, 3.05) is 5.75 Å². The van der Waals surface area contributed by atoms with Crippen molar-refractivity contribution in [2.24, 2.45) is 0 Å². The van der Waals surface area contributed by atoms with Crippen LogP contribution in [0.1, 0.15) is 24.0 Å². The summed E-state index contributed by atoms with van der Waals surface area (Å²) in [5.74, 6) is -1.20. The van der Waals surface area contributed by atoms with Crippen molar-refractivity contribution < 1.29 is 23.1 Å². The number of aliphatic carboxylic acids is 1. The van der Waals surface area contributed by atoms with E-state index in [1.165, 1.54) is 0 Å². The Morgan fingerprint density at radius 2 is 2.05 bits per heavy atom. The summed E-state index contributed by atoms with van der Waals surface area (Å²) >= 11 is 0. The van der Waals surface area contributed by atoms with E-state index in [9.17, 15) is 13.2 Å². The van der Waals surface area contributed by atoms with Gasteiger partial charge in [0.05, 0.1) is 16.8 Å². The first-order valence-electron chi connectivity index (χ1n) is 6.48. The van der Waals surface area contributed by atoms with Gasteiger partial charge in [0.1, 0.15) is 0 Å². The van der Waals surface area contributed by atoms with Crippen LogP contribution >= 0.6 is 0 Å². The number of benzene rings is 1. The van der Waals surface area contributed by atoms with E-state index in [1.54, 1.807) is 19.1 Å². The molecule has 1 N–H and O–H groups in total. The SMILES string of the molecule is Cc1ccc(C)c(S(=O)(=O)CC2CCC(C(=O)O)O2)c1. The van der Waals surface area contributed by atoms with E-state index in [0.29, 0.717) is 23.3 Å². The molecule has 0 spiro atoms. The van der Waals surface area contributed by atoms with Crippen molar-refractivity contribution in [1.29, 1.82) is 0 Å². The van der Waals surface area contributed by atoms with Crippen LogP contribution in [0.3, 0.4) is 0 Å². The molecule has 1 aromatic carbocycles. The van der Waals surface area contributed by atoms with Crippen molar-refractivity contribution in [3.8, 4) is 0 Å². The van der Waals surface area contributed by atoms with E-state index in [1.807, 2.05) is 13.0 Å². The zero-order chi connectivity index (χ0) is 14.9. The molecule has 1 aromatic rings. The van der Waals surface area contributed by atoms with E-state index >= 15 is 0 Å². The number of ether oxygens (including phenoxy) is 1. The van der Waals surface area contributed by atoms with Gasteiger partial charge in [0.15, 0.2) is 15.9 Å². The predicted octanol–water partition coefficient (Wildman–Crippen LogP) is 1.71. The number of hydrogen-bond acceptors (Lipinski definition) is 4. The Morgan fingerprint density at radius 3 is 2.65 bits per heavy atom. The van der Waals surface area contributed by atoms with Gasteiger partial charge in [-0.1, -0.05) is 12.1 Å². The molecule has 20 heavy (non-hydrogen) atoms. The quantitative estimate of drug-likeness (QED) is 0.915. The van der Waals surface area contributed by atoms with Gasteiger partial charge in [-0.15, -0.1) is 0 Å². The molecule has 0 saturated carbocycles. The summed E-state index contributed by atoms with van der Waals surface area (Å²) in [5.41, 5.74) is 1.58. The van der Waals surface area contributed by atoms with Gasteiger partial charge < -0.3 is 9.84 Å². The minimum absolute atomic E-state index is 0.166. The zero-order valence-electron chi connectivity index (χ0n) is 11.5. The van der Waals surface area contributed by atoms with E-state index in [4.69, 9.17) is 9.84 Å². The van der Waals surface area contributed by atoms with Gasteiger partial charge in [-0.3, -0.25) is 0 Å². The standard InChI is InChI=1S/C14H18O5S/c1-9-3-4-10(2)13(7-9)20(17,18)8-11-5-6-12(19-11)14(15)16/h3-4,7,11-12H,5-6,8H2,1-2H3,(H,15,16). The number of hydrogen-bond donors (Lipinski definition) is 1. The van der Waals surface area contributed by atoms with E-state index in [-0.39, 0.29) is 5.75 Å². The van der Waals surface area contributed by atoms with Crippen LogP contribution in [0, 0.1) is 13.8 Å². The largest absolute Gasteiger partial charge is 0.479 e. The molecule has 0 bridgehead atoms. The van der Waals surface area contributed by atoms with Crippen LogP contribution in [0.15, 0.2) is 23.1 Å². The molecule has 1 aliphatic rings. The molecule has 1 saturated heterocycles. The summed E-state index contributed by atoms with van der Waals surface area (Å²) < 4.78 is 30.1. The summed E-state index contributed by atoms with van der Waals surface area (Å²) in [5, 5.41) is 8.85. The van der Waals surface area contributed by atoms with Gasteiger partial charge in [0.2, 0.25) is 0 Å². The molecule has 1 heterocycles. The Labute approximate surface area is 118 Å². The van der Waals surface area contributed by atoms with Gasteiger partial charge in [0, 0.05) is 0 Å². The number of aryl methyl sites for hydroxylation is 2. The monoisotopic (exact) mass is 298 g/mol. The molecule has 2 unspecified atom stereocenters. The topological polar surface area (TPSA) is 80.7 Å². The lowest BCUT2D eigenvalue weighted by Gasteiger charge is -2.13. The third-order valence-electron chi connectivity index (χ3n) is 3.47. The van der Waals surface area contributed by atoms with Crippen LogP contribution in [-0.2, 0) is 19.4 Å². The number of rotatable bonds is 4. The zero-order valence-corrected chi connectivity index (χ0v) is 12.3. The van der Waals surface area contributed by atoms with Gasteiger partial charge >= 0.3 is 5.97 Å². The summed E-state index contributed by atoms with van der Waals surface area (Å²) in [7, 11) is -3.46. The van der Waals surface area contributed by atoms with Crippen molar-refractivity contribution >= 4 is 15.8 Å². The van der Waals surface area contributed by atoms with Gasteiger partial charge in [-0.05, 0) is 43.9 Å². The Balaban J connectivity index is 2.16. The van der Waals surface area contributed by atoms with Crippen LogP contribution in [0.5, 0.6) is 0 Å². The fraction of sp³-hybridized carbons (Fsp3) is 0.500. The second-order valence-corrected chi connectivity index (χ2v) is 7.22. The highest BCUT2D eigenvalue weighted by molar-refractivity contribution is 7.91. The molecule has 1 aliphatic heterocycles. The van der Waals surface area contributed by atoms with Crippen LogP contribution in [0.4, 0.5) is 0 Å². The smallest absolute Gasteiger partial charge is 0.332 e. The van der Waals surface area contributed by atoms with Gasteiger partial charge in [0.25, 0.3) is 0 Å².